The molecule has 0 aliphatic carbocycles. The Bertz CT molecular complexity index is 517. The van der Waals surface area contributed by atoms with E-state index in [0.29, 0.717) is 11.8 Å². The second kappa shape index (κ2) is 5.69. The minimum Gasteiger partial charge on any atom is -0.409 e. The van der Waals surface area contributed by atoms with Gasteiger partial charge in [0.25, 0.3) is 0 Å². The fourth-order valence-corrected chi connectivity index (χ4v) is 3.28. The number of rotatable bonds is 2. The molecule has 3 N–H and O–H groups in total. The molecule has 0 bridgehead atoms. The van der Waals surface area contributed by atoms with Crippen molar-refractivity contribution >= 4 is 11.5 Å². The molecule has 1 aliphatic rings. The lowest BCUT2D eigenvalue weighted by Gasteiger charge is -2.37. The Morgan fingerprint density at radius 1 is 1.35 bits per heavy atom. The van der Waals surface area contributed by atoms with Crippen LogP contribution in [-0.2, 0) is 0 Å². The minimum absolute atomic E-state index is 0.135. The summed E-state index contributed by atoms with van der Waals surface area (Å²) in [7, 11) is 0. The van der Waals surface area contributed by atoms with Crippen molar-refractivity contribution in [2.45, 2.75) is 34.1 Å². The van der Waals surface area contributed by atoms with E-state index >= 15 is 0 Å². The molecule has 1 fully saturated rings. The first kappa shape index (κ1) is 14.6. The molecule has 1 aromatic heterocycles. The van der Waals surface area contributed by atoms with E-state index in [4.69, 9.17) is 10.9 Å². The number of anilines is 1. The van der Waals surface area contributed by atoms with E-state index in [1.54, 1.807) is 0 Å². The number of amidine groups is 1. The Labute approximate surface area is 120 Å². The molecule has 20 heavy (non-hydrogen) atoms. The van der Waals surface area contributed by atoms with Gasteiger partial charge < -0.3 is 15.8 Å². The van der Waals surface area contributed by atoms with Gasteiger partial charge in [-0.3, -0.25) is 4.98 Å². The van der Waals surface area contributed by atoms with Crippen LogP contribution in [0, 0.1) is 25.7 Å². The van der Waals surface area contributed by atoms with E-state index in [1.807, 2.05) is 19.9 Å². The number of aromatic nitrogens is 1. The van der Waals surface area contributed by atoms with Crippen LogP contribution in [0.2, 0.25) is 0 Å². The maximum atomic E-state index is 9.03. The van der Waals surface area contributed by atoms with E-state index in [1.165, 1.54) is 6.42 Å². The van der Waals surface area contributed by atoms with Gasteiger partial charge in [-0.1, -0.05) is 19.0 Å². The Balaban J connectivity index is 2.49. The van der Waals surface area contributed by atoms with Gasteiger partial charge in [0.15, 0.2) is 5.84 Å². The number of piperidine rings is 1. The van der Waals surface area contributed by atoms with Gasteiger partial charge in [0, 0.05) is 18.8 Å². The highest BCUT2D eigenvalue weighted by Crippen LogP contribution is 2.30. The quantitative estimate of drug-likeness (QED) is 0.376. The number of aryl methyl sites for hydroxylation is 2. The molecule has 110 valence electrons. The third kappa shape index (κ3) is 2.86. The molecule has 2 rings (SSSR count). The van der Waals surface area contributed by atoms with Gasteiger partial charge in [0.2, 0.25) is 0 Å². The van der Waals surface area contributed by atoms with Crippen molar-refractivity contribution in [1.29, 1.82) is 0 Å². The lowest BCUT2D eigenvalue weighted by Crippen LogP contribution is -2.40. The molecule has 0 radical (unpaired) electrons. The number of nitrogens with two attached hydrogens (primary N) is 1. The highest BCUT2D eigenvalue weighted by molar-refractivity contribution is 6.03. The summed E-state index contributed by atoms with van der Waals surface area (Å²) in [5.74, 6) is 1.43. The van der Waals surface area contributed by atoms with Crippen molar-refractivity contribution in [3.8, 4) is 0 Å². The molecule has 0 spiro atoms. The number of hydrogen-bond donors (Lipinski definition) is 2. The molecule has 2 heterocycles. The number of hydrogen-bond acceptors (Lipinski definition) is 4. The van der Waals surface area contributed by atoms with E-state index in [2.05, 4.69) is 28.9 Å². The topological polar surface area (TPSA) is 74.7 Å². The van der Waals surface area contributed by atoms with Gasteiger partial charge in [0.05, 0.1) is 16.9 Å². The molecule has 0 saturated carbocycles. The van der Waals surface area contributed by atoms with Gasteiger partial charge in [-0.25, -0.2) is 0 Å². The second-order valence-electron chi connectivity index (χ2n) is 6.08. The predicted octanol–water partition coefficient (Wildman–Crippen LogP) is 2.28. The molecule has 2 unspecified atom stereocenters. The fraction of sp³-hybridized carbons (Fsp3) is 0.600. The van der Waals surface area contributed by atoms with Gasteiger partial charge in [0.1, 0.15) is 0 Å². The summed E-state index contributed by atoms with van der Waals surface area (Å²) in [6, 6.07) is 2.03. The number of pyridine rings is 1. The van der Waals surface area contributed by atoms with Crippen molar-refractivity contribution in [2.75, 3.05) is 18.0 Å². The molecule has 2 atom stereocenters. The van der Waals surface area contributed by atoms with Gasteiger partial charge >= 0.3 is 0 Å². The van der Waals surface area contributed by atoms with Gasteiger partial charge in [-0.05, 0) is 38.2 Å². The van der Waals surface area contributed by atoms with E-state index in [9.17, 15) is 0 Å². The lowest BCUT2D eigenvalue weighted by molar-refractivity contribution is 0.318. The van der Waals surface area contributed by atoms with Crippen molar-refractivity contribution < 1.29 is 5.21 Å². The summed E-state index contributed by atoms with van der Waals surface area (Å²) in [6.07, 6.45) is 1.25. The van der Waals surface area contributed by atoms with E-state index in [-0.39, 0.29) is 5.84 Å². The van der Waals surface area contributed by atoms with Crippen LogP contribution in [-0.4, -0.2) is 29.1 Å². The molecular weight excluding hydrogens is 252 g/mol. The number of oxime groups is 1. The van der Waals surface area contributed by atoms with Crippen LogP contribution >= 0.6 is 0 Å². The summed E-state index contributed by atoms with van der Waals surface area (Å²) in [6.45, 7) is 10.4. The maximum Gasteiger partial charge on any atom is 0.174 e. The Kier molecular flexibility index (Phi) is 4.16. The normalized spacial score (nSPS) is 24.0. The zero-order chi connectivity index (χ0) is 14.9. The number of nitrogens with zero attached hydrogens (tertiary/aromatic N) is 3. The third-order valence-electron chi connectivity index (χ3n) is 3.88. The van der Waals surface area contributed by atoms with Crippen LogP contribution in [0.25, 0.3) is 0 Å². The van der Waals surface area contributed by atoms with Crippen LogP contribution in [0.3, 0.4) is 0 Å². The average molecular weight is 276 g/mol. The SMILES string of the molecule is Cc1cc(N2CC(C)CC(C)C2)c(/C(N)=N/O)c(C)n1. The molecule has 0 amide bonds. The van der Waals surface area contributed by atoms with Crippen molar-refractivity contribution in [2.24, 2.45) is 22.7 Å². The van der Waals surface area contributed by atoms with Crippen LogP contribution in [0.5, 0.6) is 0 Å². The minimum atomic E-state index is 0.135. The predicted molar refractivity (Wildman–Crippen MR) is 81.4 cm³/mol. The first-order chi connectivity index (χ1) is 9.42. The lowest BCUT2D eigenvalue weighted by atomic mass is 9.91. The summed E-state index contributed by atoms with van der Waals surface area (Å²) in [4.78, 5) is 6.78. The van der Waals surface area contributed by atoms with Crippen molar-refractivity contribution in [1.82, 2.24) is 4.98 Å². The van der Waals surface area contributed by atoms with Gasteiger partial charge in [-0.2, -0.15) is 0 Å². The molecular formula is C15H24N4O. The zero-order valence-corrected chi connectivity index (χ0v) is 12.7. The Morgan fingerprint density at radius 2 is 1.95 bits per heavy atom. The highest BCUT2D eigenvalue weighted by Gasteiger charge is 2.25. The average Bonchev–Trinajstić information content (AvgIpc) is 2.35. The van der Waals surface area contributed by atoms with Crippen molar-refractivity contribution in [3.63, 3.8) is 0 Å². The standard InChI is InChI=1S/C15H24N4O/c1-9-5-10(2)8-19(7-9)13-6-11(3)17-12(4)14(13)15(16)18-20/h6,9-10,20H,5,7-8H2,1-4H3,(H2,16,18). The molecule has 1 aromatic rings. The van der Waals surface area contributed by atoms with Gasteiger partial charge in [-0.15, -0.1) is 0 Å². The first-order valence-electron chi connectivity index (χ1n) is 7.13. The van der Waals surface area contributed by atoms with E-state index < -0.39 is 0 Å². The van der Waals surface area contributed by atoms with Crippen LogP contribution in [0.15, 0.2) is 11.2 Å². The molecule has 0 aromatic carbocycles. The second-order valence-corrected chi connectivity index (χ2v) is 6.08. The smallest absolute Gasteiger partial charge is 0.174 e. The van der Waals surface area contributed by atoms with Crippen LogP contribution in [0.4, 0.5) is 5.69 Å². The molecule has 1 aliphatic heterocycles. The zero-order valence-electron chi connectivity index (χ0n) is 12.7. The Hall–Kier alpha value is -1.78. The summed E-state index contributed by atoms with van der Waals surface area (Å²) >= 11 is 0. The molecule has 1 saturated heterocycles. The van der Waals surface area contributed by atoms with E-state index in [0.717, 1.165) is 35.7 Å². The van der Waals surface area contributed by atoms with Crippen LogP contribution < -0.4 is 10.6 Å². The summed E-state index contributed by atoms with van der Waals surface area (Å²) < 4.78 is 0. The fourth-order valence-electron chi connectivity index (χ4n) is 3.28. The van der Waals surface area contributed by atoms with Crippen molar-refractivity contribution in [3.05, 3.63) is 23.0 Å². The van der Waals surface area contributed by atoms with Crippen LogP contribution in [0.1, 0.15) is 37.2 Å². The Morgan fingerprint density at radius 3 is 2.50 bits per heavy atom. The molecule has 5 heteroatoms. The monoisotopic (exact) mass is 276 g/mol. The summed E-state index contributed by atoms with van der Waals surface area (Å²) in [5, 5.41) is 12.2. The maximum absolute atomic E-state index is 9.03. The first-order valence-corrected chi connectivity index (χ1v) is 7.13. The third-order valence-corrected chi connectivity index (χ3v) is 3.88. The summed E-state index contributed by atoms with van der Waals surface area (Å²) in [5.41, 5.74) is 9.40. The largest absolute Gasteiger partial charge is 0.409 e. The molecule has 5 nitrogen and oxygen atoms in total. The highest BCUT2D eigenvalue weighted by atomic mass is 16.4.